The molecule has 0 aliphatic heterocycles. The van der Waals surface area contributed by atoms with Crippen LogP contribution in [-0.2, 0) is 4.79 Å². The van der Waals surface area contributed by atoms with Crippen LogP contribution in [0, 0.1) is 5.92 Å². The zero-order valence-corrected chi connectivity index (χ0v) is 7.22. The highest BCUT2D eigenvalue weighted by atomic mass is 16.3. The molecular formula is C9H14O2. The minimum absolute atomic E-state index is 0.116. The third-order valence-corrected chi connectivity index (χ3v) is 2.18. The van der Waals surface area contributed by atoms with Gasteiger partial charge in [0.2, 0.25) is 0 Å². The van der Waals surface area contributed by atoms with Crippen molar-refractivity contribution < 1.29 is 9.90 Å². The van der Waals surface area contributed by atoms with Gasteiger partial charge in [-0.1, -0.05) is 13.8 Å². The molecule has 2 nitrogen and oxygen atoms in total. The summed E-state index contributed by atoms with van der Waals surface area (Å²) in [4.78, 5) is 11.2. The molecule has 62 valence electrons. The predicted molar refractivity (Wildman–Crippen MR) is 43.2 cm³/mol. The highest BCUT2D eigenvalue weighted by Gasteiger charge is 2.29. The van der Waals surface area contributed by atoms with Crippen molar-refractivity contribution in [2.45, 2.75) is 33.3 Å². The summed E-state index contributed by atoms with van der Waals surface area (Å²) in [5.74, 6) is 0.365. The molecule has 1 rings (SSSR count). The van der Waals surface area contributed by atoms with Crippen LogP contribution in [0.3, 0.4) is 0 Å². The fourth-order valence-electron chi connectivity index (χ4n) is 1.62. The number of ketones is 1. The predicted octanol–water partition coefficient (Wildman–Crippen LogP) is 1.29. The highest BCUT2D eigenvalue weighted by Crippen LogP contribution is 2.28. The van der Waals surface area contributed by atoms with E-state index in [1.165, 1.54) is 0 Å². The first-order chi connectivity index (χ1) is 5.04. The molecule has 0 spiro atoms. The number of aliphatic hydroxyl groups is 1. The summed E-state index contributed by atoms with van der Waals surface area (Å²) < 4.78 is 0. The van der Waals surface area contributed by atoms with E-state index in [9.17, 15) is 9.90 Å². The number of rotatable bonds is 1. The molecule has 0 radical (unpaired) electrons. The topological polar surface area (TPSA) is 37.3 Å². The second-order valence-electron chi connectivity index (χ2n) is 3.39. The van der Waals surface area contributed by atoms with Crippen LogP contribution < -0.4 is 0 Å². The molecule has 0 bridgehead atoms. The molecule has 0 fully saturated rings. The summed E-state index contributed by atoms with van der Waals surface area (Å²) in [6.45, 7) is 5.80. The van der Waals surface area contributed by atoms with E-state index in [1.807, 2.05) is 20.8 Å². The molecule has 0 saturated heterocycles. The second-order valence-corrected chi connectivity index (χ2v) is 3.39. The summed E-state index contributed by atoms with van der Waals surface area (Å²) in [6.07, 6.45) is -0.223. The van der Waals surface area contributed by atoms with Crippen LogP contribution in [0.15, 0.2) is 11.1 Å². The highest BCUT2D eigenvalue weighted by molar-refractivity contribution is 5.99. The number of aliphatic hydroxyl groups excluding tert-OH is 1. The molecule has 0 amide bonds. The fraction of sp³-hybridized carbons (Fsp3) is 0.667. The molecule has 1 unspecified atom stereocenters. The standard InChI is InChI=1S/C9H14O2/c1-5(2)9-6(3)7(10)4-8(9)11/h5,7,10H,4H2,1-3H3. The number of carbonyl (C=O) groups is 1. The smallest absolute Gasteiger partial charge is 0.162 e. The van der Waals surface area contributed by atoms with Crippen LogP contribution in [0.5, 0.6) is 0 Å². The summed E-state index contributed by atoms with van der Waals surface area (Å²) in [6, 6.07) is 0. The lowest BCUT2D eigenvalue weighted by molar-refractivity contribution is -0.116. The first-order valence-electron chi connectivity index (χ1n) is 3.96. The van der Waals surface area contributed by atoms with Crippen molar-refractivity contribution >= 4 is 5.78 Å². The van der Waals surface area contributed by atoms with Gasteiger partial charge in [-0.05, 0) is 24.0 Å². The minimum Gasteiger partial charge on any atom is -0.388 e. The van der Waals surface area contributed by atoms with Gasteiger partial charge in [-0.3, -0.25) is 4.79 Å². The average molecular weight is 154 g/mol. The molecule has 1 aliphatic carbocycles. The Hall–Kier alpha value is -0.630. The maximum Gasteiger partial charge on any atom is 0.162 e. The Morgan fingerprint density at radius 2 is 2.09 bits per heavy atom. The van der Waals surface area contributed by atoms with E-state index in [0.717, 1.165) is 11.1 Å². The van der Waals surface area contributed by atoms with Crippen molar-refractivity contribution in [3.05, 3.63) is 11.1 Å². The van der Waals surface area contributed by atoms with E-state index < -0.39 is 6.10 Å². The van der Waals surface area contributed by atoms with Crippen molar-refractivity contribution in [1.82, 2.24) is 0 Å². The minimum atomic E-state index is -0.514. The van der Waals surface area contributed by atoms with Gasteiger partial charge in [-0.2, -0.15) is 0 Å². The van der Waals surface area contributed by atoms with E-state index in [2.05, 4.69) is 0 Å². The van der Waals surface area contributed by atoms with Crippen LogP contribution in [0.2, 0.25) is 0 Å². The normalized spacial score (nSPS) is 25.5. The lowest BCUT2D eigenvalue weighted by Gasteiger charge is -2.05. The van der Waals surface area contributed by atoms with Crippen molar-refractivity contribution in [2.24, 2.45) is 5.92 Å². The molecule has 11 heavy (non-hydrogen) atoms. The summed E-state index contributed by atoms with van der Waals surface area (Å²) in [7, 11) is 0. The Kier molecular flexibility index (Phi) is 2.14. The quantitative estimate of drug-likeness (QED) is 0.618. The molecule has 0 heterocycles. The summed E-state index contributed by atoms with van der Waals surface area (Å²) >= 11 is 0. The maximum atomic E-state index is 11.2. The molecule has 0 saturated carbocycles. The van der Waals surface area contributed by atoms with Crippen molar-refractivity contribution in [1.29, 1.82) is 0 Å². The largest absolute Gasteiger partial charge is 0.388 e. The van der Waals surface area contributed by atoms with Gasteiger partial charge in [-0.15, -0.1) is 0 Å². The Balaban J connectivity index is 2.97. The van der Waals surface area contributed by atoms with Crippen LogP contribution >= 0.6 is 0 Å². The van der Waals surface area contributed by atoms with Crippen molar-refractivity contribution in [3.63, 3.8) is 0 Å². The molecule has 1 N–H and O–H groups in total. The molecule has 2 heteroatoms. The third-order valence-electron chi connectivity index (χ3n) is 2.18. The molecular weight excluding hydrogens is 140 g/mol. The SMILES string of the molecule is CC1=C(C(C)C)C(=O)CC1O. The van der Waals surface area contributed by atoms with Crippen LogP contribution in [0.4, 0.5) is 0 Å². The maximum absolute atomic E-state index is 11.2. The van der Waals surface area contributed by atoms with Gasteiger partial charge < -0.3 is 5.11 Å². The van der Waals surface area contributed by atoms with E-state index in [-0.39, 0.29) is 11.7 Å². The van der Waals surface area contributed by atoms with E-state index >= 15 is 0 Å². The zero-order chi connectivity index (χ0) is 8.59. The van der Waals surface area contributed by atoms with Crippen LogP contribution in [-0.4, -0.2) is 17.0 Å². The van der Waals surface area contributed by atoms with E-state index in [0.29, 0.717) is 6.42 Å². The Bertz CT molecular complexity index is 214. The van der Waals surface area contributed by atoms with Gasteiger partial charge in [0.1, 0.15) is 0 Å². The molecule has 0 aromatic rings. The van der Waals surface area contributed by atoms with Gasteiger partial charge in [0, 0.05) is 6.42 Å². The van der Waals surface area contributed by atoms with Gasteiger partial charge in [0.15, 0.2) is 5.78 Å². The number of allylic oxidation sites excluding steroid dienone is 1. The monoisotopic (exact) mass is 154 g/mol. The number of Topliss-reactive ketones (excluding diaryl/α,β-unsaturated/α-hetero) is 1. The van der Waals surface area contributed by atoms with E-state index in [4.69, 9.17) is 0 Å². The van der Waals surface area contributed by atoms with Crippen LogP contribution in [0.1, 0.15) is 27.2 Å². The second kappa shape index (κ2) is 2.78. The van der Waals surface area contributed by atoms with Gasteiger partial charge >= 0.3 is 0 Å². The van der Waals surface area contributed by atoms with Gasteiger partial charge in [-0.25, -0.2) is 0 Å². The zero-order valence-electron chi connectivity index (χ0n) is 7.22. The Labute approximate surface area is 66.9 Å². The van der Waals surface area contributed by atoms with Gasteiger partial charge in [0.05, 0.1) is 6.10 Å². The van der Waals surface area contributed by atoms with E-state index in [1.54, 1.807) is 0 Å². The first-order valence-corrected chi connectivity index (χ1v) is 3.96. The summed E-state index contributed by atoms with van der Waals surface area (Å²) in [5.41, 5.74) is 1.70. The molecule has 1 aliphatic rings. The third kappa shape index (κ3) is 1.36. The molecule has 1 atom stereocenters. The number of hydrogen-bond acceptors (Lipinski definition) is 2. The Morgan fingerprint density at radius 3 is 2.27 bits per heavy atom. The van der Waals surface area contributed by atoms with Gasteiger partial charge in [0.25, 0.3) is 0 Å². The fourth-order valence-corrected chi connectivity index (χ4v) is 1.62. The number of carbonyl (C=O) groups excluding carboxylic acids is 1. The lowest BCUT2D eigenvalue weighted by atomic mass is 9.99. The molecule has 0 aromatic carbocycles. The molecule has 0 aromatic heterocycles. The van der Waals surface area contributed by atoms with Crippen molar-refractivity contribution in [2.75, 3.05) is 0 Å². The Morgan fingerprint density at radius 1 is 1.55 bits per heavy atom. The van der Waals surface area contributed by atoms with Crippen molar-refractivity contribution in [3.8, 4) is 0 Å². The van der Waals surface area contributed by atoms with Crippen LogP contribution in [0.25, 0.3) is 0 Å². The first kappa shape index (κ1) is 8.47. The lowest BCUT2D eigenvalue weighted by Crippen LogP contribution is -2.04. The number of hydrogen-bond donors (Lipinski definition) is 1. The summed E-state index contributed by atoms with van der Waals surface area (Å²) in [5, 5.41) is 9.31. The average Bonchev–Trinajstić information content (AvgIpc) is 2.07.